The monoisotopic (exact) mass is 331 g/mol. The van der Waals surface area contributed by atoms with Crippen LogP contribution in [0.1, 0.15) is 29.0 Å². The van der Waals surface area contributed by atoms with Crippen molar-refractivity contribution in [3.05, 3.63) is 35.1 Å². The van der Waals surface area contributed by atoms with Gasteiger partial charge in [-0.05, 0) is 11.4 Å². The first-order valence-corrected chi connectivity index (χ1v) is 8.00. The average molecular weight is 331 g/mol. The SMILES string of the molecule is CC(CN(C)C(=O)c1cn(C)nc1-c1cccs1)c1nn[nH]n1. The minimum atomic E-state index is -0.0724. The number of aromatic amines is 1. The third-order valence-corrected chi connectivity index (χ3v) is 4.39. The van der Waals surface area contributed by atoms with Crippen LogP contribution >= 0.6 is 11.3 Å². The van der Waals surface area contributed by atoms with Crippen molar-refractivity contribution < 1.29 is 4.79 Å². The van der Waals surface area contributed by atoms with Gasteiger partial charge in [-0.15, -0.1) is 21.5 Å². The molecule has 0 fully saturated rings. The van der Waals surface area contributed by atoms with Crippen LogP contribution in [0.2, 0.25) is 0 Å². The number of hydrogen-bond donors (Lipinski definition) is 1. The molecule has 0 radical (unpaired) electrons. The number of H-pyrrole nitrogens is 1. The van der Waals surface area contributed by atoms with Crippen LogP contribution < -0.4 is 0 Å². The van der Waals surface area contributed by atoms with Crippen LogP contribution in [0.25, 0.3) is 10.6 Å². The Bertz CT molecular complexity index is 778. The van der Waals surface area contributed by atoms with E-state index in [1.807, 2.05) is 31.5 Å². The van der Waals surface area contributed by atoms with Crippen LogP contribution in [-0.2, 0) is 7.05 Å². The molecular formula is C14H17N7OS. The van der Waals surface area contributed by atoms with E-state index in [1.54, 1.807) is 34.2 Å². The number of rotatable bonds is 5. The number of tetrazole rings is 1. The number of carbonyl (C=O) groups excluding carboxylic acids is 1. The maximum atomic E-state index is 12.8. The van der Waals surface area contributed by atoms with Crippen LogP contribution in [-0.4, -0.2) is 54.8 Å². The molecule has 23 heavy (non-hydrogen) atoms. The molecule has 120 valence electrons. The lowest BCUT2D eigenvalue weighted by Gasteiger charge is -2.19. The summed E-state index contributed by atoms with van der Waals surface area (Å²) in [6.45, 7) is 2.45. The number of aryl methyl sites for hydroxylation is 1. The molecule has 1 atom stereocenters. The predicted octanol–water partition coefficient (Wildman–Crippen LogP) is 1.54. The summed E-state index contributed by atoms with van der Waals surface area (Å²) in [5.74, 6) is 0.510. The van der Waals surface area contributed by atoms with Crippen molar-refractivity contribution in [2.24, 2.45) is 7.05 Å². The summed E-state index contributed by atoms with van der Waals surface area (Å²) in [5.41, 5.74) is 1.31. The number of nitrogens with zero attached hydrogens (tertiary/aromatic N) is 6. The number of aromatic nitrogens is 6. The predicted molar refractivity (Wildman–Crippen MR) is 86.1 cm³/mol. The molecule has 1 amide bonds. The molecule has 0 aliphatic carbocycles. The fourth-order valence-electron chi connectivity index (χ4n) is 2.40. The standard InChI is InChI=1S/C14H17N7OS/c1-9(13-15-18-19-16-13)7-20(2)14(22)10-8-21(3)17-12(10)11-5-4-6-23-11/h4-6,8-9H,7H2,1-3H3,(H,15,16,18,19). The zero-order valence-electron chi connectivity index (χ0n) is 13.1. The van der Waals surface area contributed by atoms with Crippen LogP contribution in [0.5, 0.6) is 0 Å². The summed E-state index contributed by atoms with van der Waals surface area (Å²) in [7, 11) is 3.58. The quantitative estimate of drug-likeness (QED) is 0.765. The van der Waals surface area contributed by atoms with Crippen molar-refractivity contribution in [2.45, 2.75) is 12.8 Å². The molecule has 3 heterocycles. The summed E-state index contributed by atoms with van der Waals surface area (Å²) in [4.78, 5) is 15.4. The second kappa shape index (κ2) is 6.29. The average Bonchev–Trinajstić information content (AvgIpc) is 3.26. The van der Waals surface area contributed by atoms with Crippen molar-refractivity contribution in [3.63, 3.8) is 0 Å². The molecule has 0 bridgehead atoms. The number of thiophene rings is 1. The third-order valence-electron chi connectivity index (χ3n) is 3.51. The van der Waals surface area contributed by atoms with E-state index >= 15 is 0 Å². The van der Waals surface area contributed by atoms with Crippen molar-refractivity contribution in [2.75, 3.05) is 13.6 Å². The normalized spacial score (nSPS) is 12.3. The molecule has 0 saturated heterocycles. The Balaban J connectivity index is 1.80. The molecule has 0 aromatic carbocycles. The molecule has 3 aromatic heterocycles. The molecule has 1 unspecified atom stereocenters. The van der Waals surface area contributed by atoms with Gasteiger partial charge in [0.1, 0.15) is 5.69 Å². The maximum absolute atomic E-state index is 12.8. The maximum Gasteiger partial charge on any atom is 0.257 e. The minimum absolute atomic E-state index is 0.00967. The van der Waals surface area contributed by atoms with Gasteiger partial charge in [-0.2, -0.15) is 10.3 Å². The topological polar surface area (TPSA) is 92.6 Å². The van der Waals surface area contributed by atoms with Gasteiger partial charge in [-0.25, -0.2) is 0 Å². The zero-order chi connectivity index (χ0) is 16.4. The van der Waals surface area contributed by atoms with E-state index in [9.17, 15) is 4.79 Å². The van der Waals surface area contributed by atoms with Gasteiger partial charge >= 0.3 is 0 Å². The van der Waals surface area contributed by atoms with E-state index in [-0.39, 0.29) is 11.8 Å². The molecule has 1 N–H and O–H groups in total. The lowest BCUT2D eigenvalue weighted by atomic mass is 10.1. The van der Waals surface area contributed by atoms with Gasteiger partial charge in [-0.1, -0.05) is 18.2 Å². The first-order valence-electron chi connectivity index (χ1n) is 7.12. The first-order chi connectivity index (χ1) is 11.1. The second-order valence-electron chi connectivity index (χ2n) is 5.40. The second-order valence-corrected chi connectivity index (χ2v) is 6.35. The number of hydrogen-bond acceptors (Lipinski definition) is 6. The Morgan fingerprint density at radius 2 is 2.35 bits per heavy atom. The van der Waals surface area contributed by atoms with Crippen molar-refractivity contribution in [1.29, 1.82) is 0 Å². The van der Waals surface area contributed by atoms with Crippen molar-refractivity contribution >= 4 is 17.2 Å². The van der Waals surface area contributed by atoms with E-state index in [0.717, 1.165) is 4.88 Å². The smallest absolute Gasteiger partial charge is 0.257 e. The molecular weight excluding hydrogens is 314 g/mol. The van der Waals surface area contributed by atoms with Gasteiger partial charge in [0.15, 0.2) is 5.82 Å². The summed E-state index contributed by atoms with van der Waals surface area (Å²) in [6, 6.07) is 3.91. The summed E-state index contributed by atoms with van der Waals surface area (Å²) >= 11 is 1.57. The molecule has 0 spiro atoms. The van der Waals surface area contributed by atoms with E-state index in [1.165, 1.54) is 0 Å². The zero-order valence-corrected chi connectivity index (χ0v) is 13.9. The van der Waals surface area contributed by atoms with Gasteiger partial charge in [0, 0.05) is 32.8 Å². The van der Waals surface area contributed by atoms with Crippen molar-refractivity contribution in [3.8, 4) is 10.6 Å². The van der Waals surface area contributed by atoms with Crippen molar-refractivity contribution in [1.82, 2.24) is 35.3 Å². The summed E-state index contributed by atoms with van der Waals surface area (Å²) in [5, 5.41) is 20.3. The minimum Gasteiger partial charge on any atom is -0.341 e. The van der Waals surface area contributed by atoms with Gasteiger partial charge in [0.25, 0.3) is 5.91 Å². The lowest BCUT2D eigenvalue weighted by molar-refractivity contribution is 0.0788. The van der Waals surface area contributed by atoms with Crippen LogP contribution in [0, 0.1) is 0 Å². The van der Waals surface area contributed by atoms with E-state index in [0.29, 0.717) is 23.6 Å². The highest BCUT2D eigenvalue weighted by molar-refractivity contribution is 7.13. The molecule has 0 saturated carbocycles. The molecule has 3 rings (SSSR count). The number of likely N-dealkylation sites (N-methyl/N-ethyl adjacent to an activating group) is 1. The Hall–Kier alpha value is -2.55. The Labute approximate surface area is 137 Å². The fourth-order valence-corrected chi connectivity index (χ4v) is 3.12. The van der Waals surface area contributed by atoms with Gasteiger partial charge in [-0.3, -0.25) is 9.48 Å². The highest BCUT2D eigenvalue weighted by atomic mass is 32.1. The summed E-state index contributed by atoms with van der Waals surface area (Å²) in [6.07, 6.45) is 1.76. The molecule has 0 aliphatic heterocycles. The third kappa shape index (κ3) is 3.14. The highest BCUT2D eigenvalue weighted by Crippen LogP contribution is 2.27. The molecule has 0 aliphatic rings. The largest absolute Gasteiger partial charge is 0.341 e. The highest BCUT2D eigenvalue weighted by Gasteiger charge is 2.23. The van der Waals surface area contributed by atoms with Crippen LogP contribution in [0.15, 0.2) is 23.7 Å². The fraction of sp³-hybridized carbons (Fsp3) is 0.357. The van der Waals surface area contributed by atoms with Crippen LogP contribution in [0.4, 0.5) is 0 Å². The van der Waals surface area contributed by atoms with E-state index in [4.69, 9.17) is 0 Å². The molecule has 3 aromatic rings. The van der Waals surface area contributed by atoms with Gasteiger partial charge in [0.05, 0.1) is 10.4 Å². The lowest BCUT2D eigenvalue weighted by Crippen LogP contribution is -2.30. The molecule has 9 heteroatoms. The Kier molecular flexibility index (Phi) is 4.20. The number of carbonyl (C=O) groups is 1. The molecule has 8 nitrogen and oxygen atoms in total. The van der Waals surface area contributed by atoms with E-state index < -0.39 is 0 Å². The number of nitrogens with one attached hydrogen (secondary N) is 1. The summed E-state index contributed by atoms with van der Waals surface area (Å²) < 4.78 is 1.67. The Morgan fingerprint density at radius 3 is 3.00 bits per heavy atom. The van der Waals surface area contributed by atoms with Gasteiger partial charge < -0.3 is 4.90 Å². The number of amides is 1. The Morgan fingerprint density at radius 1 is 1.52 bits per heavy atom. The van der Waals surface area contributed by atoms with E-state index in [2.05, 4.69) is 25.7 Å². The first kappa shape index (κ1) is 15.3. The van der Waals surface area contributed by atoms with Crippen LogP contribution in [0.3, 0.4) is 0 Å². The van der Waals surface area contributed by atoms with Gasteiger partial charge in [0.2, 0.25) is 0 Å².